The lowest BCUT2D eigenvalue weighted by Gasteiger charge is -2.10. The monoisotopic (exact) mass is 345 g/mol. The molecule has 5 heteroatoms. The van der Waals surface area contributed by atoms with Crippen LogP contribution in [-0.2, 0) is 20.7 Å². The number of rotatable bonds is 5. The largest absolute Gasteiger partial charge is 0.469 e. The van der Waals surface area contributed by atoms with Crippen molar-refractivity contribution < 1.29 is 14.3 Å². The van der Waals surface area contributed by atoms with E-state index in [1.165, 1.54) is 7.11 Å². The fraction of sp³-hybridized carbons (Fsp3) is 0.263. The molecule has 2 aromatic carbocycles. The summed E-state index contributed by atoms with van der Waals surface area (Å²) in [6, 6.07) is 19.1. The number of benzene rings is 2. The van der Waals surface area contributed by atoms with Crippen LogP contribution >= 0.6 is 12.6 Å². The minimum atomic E-state index is -0.282. The van der Waals surface area contributed by atoms with Gasteiger partial charge >= 0.3 is 5.97 Å². The van der Waals surface area contributed by atoms with E-state index in [9.17, 15) is 9.59 Å². The van der Waals surface area contributed by atoms with Crippen molar-refractivity contribution in [2.75, 3.05) is 18.2 Å². The number of methoxy groups -OCH3 is 1. The molecule has 24 heavy (non-hydrogen) atoms. The third-order valence-corrected chi connectivity index (χ3v) is 3.73. The summed E-state index contributed by atoms with van der Waals surface area (Å²) < 4.78 is 4.58. The molecule has 0 heterocycles. The predicted molar refractivity (Wildman–Crippen MR) is 100 cm³/mol. The van der Waals surface area contributed by atoms with Gasteiger partial charge in [0.25, 0.3) is 0 Å². The maximum Gasteiger partial charge on any atom is 0.309 e. The van der Waals surface area contributed by atoms with E-state index in [1.54, 1.807) is 24.3 Å². The van der Waals surface area contributed by atoms with Crippen LogP contribution in [0.1, 0.15) is 12.5 Å². The van der Waals surface area contributed by atoms with Crippen LogP contribution in [0.2, 0.25) is 0 Å². The number of thiol groups is 1. The average molecular weight is 345 g/mol. The molecule has 1 N–H and O–H groups in total. The number of nitrogens with one attached hydrogen (secondary N) is 1. The van der Waals surface area contributed by atoms with Crippen LogP contribution in [0.15, 0.2) is 60.7 Å². The van der Waals surface area contributed by atoms with E-state index >= 15 is 0 Å². The van der Waals surface area contributed by atoms with E-state index in [2.05, 4.69) is 22.7 Å². The molecule has 0 radical (unpaired) electrons. The summed E-state index contributed by atoms with van der Waals surface area (Å²) in [5.41, 5.74) is 1.56. The molecular weight excluding hydrogens is 322 g/mol. The highest BCUT2D eigenvalue weighted by molar-refractivity contribution is 7.80. The van der Waals surface area contributed by atoms with Crippen LogP contribution in [0.4, 0.5) is 5.69 Å². The topological polar surface area (TPSA) is 55.4 Å². The maximum absolute atomic E-state index is 11.6. The van der Waals surface area contributed by atoms with Crippen molar-refractivity contribution in [3.8, 4) is 0 Å². The molecule has 2 aromatic rings. The lowest BCUT2D eigenvalue weighted by molar-refractivity contribution is -0.139. The van der Waals surface area contributed by atoms with Gasteiger partial charge in [-0.25, -0.2) is 0 Å². The highest BCUT2D eigenvalue weighted by Crippen LogP contribution is 2.12. The minimum Gasteiger partial charge on any atom is -0.469 e. The second-order valence-electron chi connectivity index (χ2n) is 5.18. The highest BCUT2D eigenvalue weighted by atomic mass is 32.1. The SMILES string of the molecule is COC(=O)Cc1ccc(NC(=O)C(C)CS)cc1.c1ccccc1. The van der Waals surface area contributed by atoms with E-state index in [1.807, 2.05) is 43.3 Å². The molecule has 0 aliphatic carbocycles. The third-order valence-electron chi connectivity index (χ3n) is 3.19. The highest BCUT2D eigenvalue weighted by Gasteiger charge is 2.10. The van der Waals surface area contributed by atoms with Crippen LogP contribution in [0.3, 0.4) is 0 Å². The summed E-state index contributed by atoms with van der Waals surface area (Å²) in [5.74, 6) is 0.0241. The summed E-state index contributed by atoms with van der Waals surface area (Å²) >= 11 is 4.07. The van der Waals surface area contributed by atoms with E-state index in [4.69, 9.17) is 0 Å². The van der Waals surface area contributed by atoms with Gasteiger partial charge < -0.3 is 10.1 Å². The van der Waals surface area contributed by atoms with Crippen molar-refractivity contribution in [2.24, 2.45) is 5.92 Å². The van der Waals surface area contributed by atoms with Gasteiger partial charge in [-0.15, -0.1) is 0 Å². The number of amides is 1. The van der Waals surface area contributed by atoms with Crippen LogP contribution in [-0.4, -0.2) is 24.7 Å². The van der Waals surface area contributed by atoms with Gasteiger partial charge in [0, 0.05) is 17.4 Å². The summed E-state index contributed by atoms with van der Waals surface area (Å²) in [6.45, 7) is 1.81. The molecule has 0 aromatic heterocycles. The van der Waals surface area contributed by atoms with Crippen molar-refractivity contribution >= 4 is 30.2 Å². The van der Waals surface area contributed by atoms with E-state index in [-0.39, 0.29) is 24.2 Å². The first-order valence-electron chi connectivity index (χ1n) is 7.64. The fourth-order valence-electron chi connectivity index (χ4n) is 1.68. The molecule has 0 saturated carbocycles. The lowest BCUT2D eigenvalue weighted by Crippen LogP contribution is -2.21. The number of esters is 1. The molecule has 0 aliphatic heterocycles. The quantitative estimate of drug-likeness (QED) is 0.643. The summed E-state index contributed by atoms with van der Waals surface area (Å²) in [7, 11) is 1.36. The Morgan fingerprint density at radius 1 is 1.04 bits per heavy atom. The van der Waals surface area contributed by atoms with Crippen LogP contribution < -0.4 is 5.32 Å². The van der Waals surface area contributed by atoms with Crippen molar-refractivity contribution in [2.45, 2.75) is 13.3 Å². The summed E-state index contributed by atoms with van der Waals surface area (Å²) in [5, 5.41) is 2.78. The number of ether oxygens (including phenoxy) is 1. The Labute approximate surface area is 148 Å². The van der Waals surface area contributed by atoms with Crippen molar-refractivity contribution in [3.63, 3.8) is 0 Å². The van der Waals surface area contributed by atoms with E-state index < -0.39 is 0 Å². The van der Waals surface area contributed by atoms with E-state index in [0.29, 0.717) is 11.4 Å². The maximum atomic E-state index is 11.6. The van der Waals surface area contributed by atoms with Crippen molar-refractivity contribution in [1.29, 1.82) is 0 Å². The second kappa shape index (κ2) is 11.3. The van der Waals surface area contributed by atoms with Crippen LogP contribution in [0.25, 0.3) is 0 Å². The van der Waals surface area contributed by atoms with Gasteiger partial charge in [-0.3, -0.25) is 9.59 Å². The molecule has 2 rings (SSSR count). The van der Waals surface area contributed by atoms with Gasteiger partial charge in [-0.2, -0.15) is 12.6 Å². The minimum absolute atomic E-state index is 0.0642. The average Bonchev–Trinajstić information content (AvgIpc) is 2.64. The molecular formula is C19H23NO3S. The van der Waals surface area contributed by atoms with Crippen LogP contribution in [0, 0.1) is 5.92 Å². The zero-order chi connectivity index (χ0) is 17.8. The third kappa shape index (κ3) is 7.83. The molecule has 1 amide bonds. The Morgan fingerprint density at radius 3 is 1.96 bits per heavy atom. The molecule has 0 fully saturated rings. The number of carbonyl (C=O) groups is 2. The number of hydrogen-bond acceptors (Lipinski definition) is 4. The molecule has 4 nitrogen and oxygen atoms in total. The van der Waals surface area contributed by atoms with Gasteiger partial charge in [0.05, 0.1) is 13.5 Å². The molecule has 1 unspecified atom stereocenters. The molecule has 1 atom stereocenters. The van der Waals surface area contributed by atoms with Crippen molar-refractivity contribution in [3.05, 3.63) is 66.2 Å². The molecule has 0 spiro atoms. The number of carbonyl (C=O) groups excluding carboxylic acids is 2. The Balaban J connectivity index is 0.000000400. The smallest absolute Gasteiger partial charge is 0.309 e. The normalized spacial score (nSPS) is 10.8. The molecule has 0 saturated heterocycles. The summed E-state index contributed by atoms with van der Waals surface area (Å²) in [6.07, 6.45) is 0.234. The van der Waals surface area contributed by atoms with Crippen molar-refractivity contribution in [1.82, 2.24) is 0 Å². The predicted octanol–water partition coefficient (Wildman–Crippen LogP) is 3.59. The first-order valence-corrected chi connectivity index (χ1v) is 8.27. The van der Waals surface area contributed by atoms with Gasteiger partial charge in [-0.1, -0.05) is 55.5 Å². The first kappa shape index (κ1) is 19.8. The molecule has 0 aliphatic rings. The Bertz CT molecular complexity index is 588. The molecule has 0 bridgehead atoms. The Hall–Kier alpha value is -2.27. The van der Waals surface area contributed by atoms with Gasteiger partial charge in [-0.05, 0) is 17.7 Å². The molecule has 128 valence electrons. The lowest BCUT2D eigenvalue weighted by atomic mass is 10.1. The first-order chi connectivity index (χ1) is 11.6. The number of anilines is 1. The summed E-state index contributed by atoms with van der Waals surface area (Å²) in [4.78, 5) is 22.7. The standard InChI is InChI=1S/C13H17NO3S.C6H6/c1-9(8-18)13(16)14-11-5-3-10(4-6-11)7-12(15)17-2;1-2-4-6-5-3-1/h3-6,9,18H,7-8H2,1-2H3,(H,14,16);1-6H. The number of hydrogen-bond donors (Lipinski definition) is 2. The fourth-order valence-corrected chi connectivity index (χ4v) is 1.84. The van der Waals surface area contributed by atoms with Gasteiger partial charge in [0.15, 0.2) is 0 Å². The Kier molecular flexibility index (Phi) is 9.31. The zero-order valence-corrected chi connectivity index (χ0v) is 14.8. The van der Waals surface area contributed by atoms with Crippen LogP contribution in [0.5, 0.6) is 0 Å². The second-order valence-corrected chi connectivity index (χ2v) is 5.54. The van der Waals surface area contributed by atoms with E-state index in [0.717, 1.165) is 5.56 Å². The van der Waals surface area contributed by atoms with Gasteiger partial charge in [0.2, 0.25) is 5.91 Å². The van der Waals surface area contributed by atoms with Gasteiger partial charge in [0.1, 0.15) is 0 Å². The Morgan fingerprint density at radius 2 is 1.54 bits per heavy atom. The zero-order valence-electron chi connectivity index (χ0n) is 13.9.